The number of benzene rings is 3. The zero-order valence-corrected chi connectivity index (χ0v) is 25.5. The molecule has 3 aromatic rings. The van der Waals surface area contributed by atoms with Crippen LogP contribution in [-0.2, 0) is 26.2 Å². The van der Waals surface area contributed by atoms with Crippen molar-refractivity contribution in [3.05, 3.63) is 82.8 Å². The highest BCUT2D eigenvalue weighted by molar-refractivity contribution is 9.10. The summed E-state index contributed by atoms with van der Waals surface area (Å²) >= 11 is 4.93. The van der Waals surface area contributed by atoms with Crippen LogP contribution >= 0.6 is 27.7 Å². The van der Waals surface area contributed by atoms with Crippen LogP contribution in [0.25, 0.3) is 0 Å². The summed E-state index contributed by atoms with van der Waals surface area (Å²) in [6.07, 6.45) is 1.90. The number of halogens is 1. The Bertz CT molecular complexity index is 1400. The quantitative estimate of drug-likeness (QED) is 0.284. The monoisotopic (exact) mass is 633 g/mol. The lowest BCUT2D eigenvalue weighted by molar-refractivity contribution is -0.139. The van der Waals surface area contributed by atoms with Gasteiger partial charge in [-0.1, -0.05) is 40.2 Å². The highest BCUT2D eigenvalue weighted by atomic mass is 79.9. The largest absolute Gasteiger partial charge is 0.492 e. The molecule has 3 aromatic carbocycles. The van der Waals surface area contributed by atoms with E-state index in [2.05, 4.69) is 21.2 Å². The number of carbonyl (C=O) groups excluding carboxylic acids is 2. The molecule has 0 aliphatic rings. The van der Waals surface area contributed by atoms with E-state index in [1.54, 1.807) is 50.2 Å². The van der Waals surface area contributed by atoms with Crippen molar-refractivity contribution in [3.63, 3.8) is 0 Å². The molecule has 0 radical (unpaired) electrons. The summed E-state index contributed by atoms with van der Waals surface area (Å²) in [5, 5.41) is 2.58. The Hall–Kier alpha value is -3.02. The van der Waals surface area contributed by atoms with E-state index < -0.39 is 28.5 Å². The van der Waals surface area contributed by atoms with Gasteiger partial charge in [-0.05, 0) is 74.2 Å². The molecule has 3 rings (SSSR count). The maximum Gasteiger partial charge on any atom is 0.264 e. The number of nitrogens with zero attached hydrogens (tertiary/aromatic N) is 2. The summed E-state index contributed by atoms with van der Waals surface area (Å²) in [6, 6.07) is 19.7. The fourth-order valence-corrected chi connectivity index (χ4v) is 6.23. The maximum atomic E-state index is 14.0. The lowest BCUT2D eigenvalue weighted by Crippen LogP contribution is -2.50. The van der Waals surface area contributed by atoms with Crippen molar-refractivity contribution < 1.29 is 22.7 Å². The molecule has 0 saturated carbocycles. The van der Waals surface area contributed by atoms with Crippen LogP contribution in [0.2, 0.25) is 0 Å². The van der Waals surface area contributed by atoms with Crippen LogP contribution in [0, 0.1) is 0 Å². The molecule has 0 aliphatic carbocycles. The van der Waals surface area contributed by atoms with Crippen molar-refractivity contribution in [1.82, 2.24) is 10.2 Å². The average molecular weight is 635 g/mol. The number of thioether (sulfide) groups is 1. The molecule has 0 bridgehead atoms. The van der Waals surface area contributed by atoms with E-state index in [4.69, 9.17) is 4.74 Å². The van der Waals surface area contributed by atoms with Gasteiger partial charge in [-0.25, -0.2) is 8.42 Å². The predicted octanol–water partition coefficient (Wildman–Crippen LogP) is 4.93. The zero-order valence-electron chi connectivity index (χ0n) is 22.3. The molecule has 1 atom stereocenters. The molecule has 0 heterocycles. The number of sulfonamides is 1. The minimum absolute atomic E-state index is 0.0392. The van der Waals surface area contributed by atoms with Crippen molar-refractivity contribution >= 4 is 55.2 Å². The molecule has 1 unspecified atom stereocenters. The number of likely N-dealkylation sites (N-methyl/N-ethyl adjacent to an activating group) is 1. The Morgan fingerprint density at radius 3 is 2.36 bits per heavy atom. The predicted molar refractivity (Wildman–Crippen MR) is 159 cm³/mol. The normalized spacial score (nSPS) is 11.9. The van der Waals surface area contributed by atoms with Crippen LogP contribution in [0.1, 0.15) is 19.4 Å². The lowest BCUT2D eigenvalue weighted by Gasteiger charge is -2.32. The Morgan fingerprint density at radius 1 is 1.05 bits per heavy atom. The third kappa shape index (κ3) is 7.55. The molecule has 1 N–H and O–H groups in total. The molecular formula is C28H32BrN3O5S2. The van der Waals surface area contributed by atoms with Crippen molar-refractivity contribution in [2.45, 2.75) is 36.2 Å². The number of hydrogen-bond acceptors (Lipinski definition) is 6. The van der Waals surface area contributed by atoms with Gasteiger partial charge in [0.25, 0.3) is 10.0 Å². The topological polar surface area (TPSA) is 96.0 Å². The van der Waals surface area contributed by atoms with Crippen LogP contribution in [0.4, 0.5) is 5.69 Å². The second kappa shape index (κ2) is 13.9. The van der Waals surface area contributed by atoms with Gasteiger partial charge >= 0.3 is 0 Å². The van der Waals surface area contributed by atoms with E-state index in [0.29, 0.717) is 12.4 Å². The van der Waals surface area contributed by atoms with Crippen LogP contribution in [0.3, 0.4) is 0 Å². The van der Waals surface area contributed by atoms with Gasteiger partial charge in [0.05, 0.1) is 17.2 Å². The Labute approximate surface area is 242 Å². The molecule has 8 nitrogen and oxygen atoms in total. The first kappa shape index (κ1) is 30.5. The molecule has 208 valence electrons. The van der Waals surface area contributed by atoms with Gasteiger partial charge < -0.3 is 15.0 Å². The third-order valence-electron chi connectivity index (χ3n) is 6.02. The van der Waals surface area contributed by atoms with Crippen LogP contribution in [0.15, 0.2) is 87.1 Å². The summed E-state index contributed by atoms with van der Waals surface area (Å²) in [5.74, 6) is -0.577. The average Bonchev–Trinajstić information content (AvgIpc) is 2.94. The number of ether oxygens (including phenoxy) is 1. The number of carbonyl (C=O) groups is 2. The second-order valence-electron chi connectivity index (χ2n) is 8.53. The van der Waals surface area contributed by atoms with Crippen molar-refractivity contribution in [2.75, 3.05) is 30.8 Å². The van der Waals surface area contributed by atoms with Crippen molar-refractivity contribution in [1.29, 1.82) is 0 Å². The third-order valence-corrected chi connectivity index (χ3v) is 9.03. The first-order valence-electron chi connectivity index (χ1n) is 12.3. The second-order valence-corrected chi connectivity index (χ2v) is 12.2. The molecule has 11 heteroatoms. The Morgan fingerprint density at radius 2 is 1.74 bits per heavy atom. The highest BCUT2D eigenvalue weighted by Gasteiger charge is 2.33. The number of anilines is 1. The van der Waals surface area contributed by atoms with E-state index in [-0.39, 0.29) is 23.0 Å². The summed E-state index contributed by atoms with van der Waals surface area (Å²) in [4.78, 5) is 28.9. The van der Waals surface area contributed by atoms with Crippen LogP contribution in [0.5, 0.6) is 5.75 Å². The van der Waals surface area contributed by atoms with Gasteiger partial charge in [-0.15, -0.1) is 11.8 Å². The van der Waals surface area contributed by atoms with Crippen molar-refractivity contribution in [2.24, 2.45) is 0 Å². The molecule has 39 heavy (non-hydrogen) atoms. The molecule has 0 aromatic heterocycles. The number of nitrogens with one attached hydrogen (secondary N) is 1. The first-order valence-corrected chi connectivity index (χ1v) is 15.7. The van der Waals surface area contributed by atoms with E-state index in [9.17, 15) is 18.0 Å². The summed E-state index contributed by atoms with van der Waals surface area (Å²) in [6.45, 7) is 3.29. The summed E-state index contributed by atoms with van der Waals surface area (Å²) in [5.41, 5.74) is 1.02. The van der Waals surface area contributed by atoms with Gasteiger partial charge in [-0.3, -0.25) is 13.9 Å². The Kier molecular flexibility index (Phi) is 10.8. The maximum absolute atomic E-state index is 14.0. The highest BCUT2D eigenvalue weighted by Crippen LogP contribution is 2.33. The van der Waals surface area contributed by atoms with Crippen LogP contribution in [-0.4, -0.2) is 57.6 Å². The van der Waals surface area contributed by atoms with Gasteiger partial charge in [-0.2, -0.15) is 0 Å². The molecule has 0 aliphatic heterocycles. The smallest absolute Gasteiger partial charge is 0.264 e. The molecule has 0 saturated heterocycles. The fraction of sp³-hybridized carbons (Fsp3) is 0.286. The first-order chi connectivity index (χ1) is 18.6. The standard InChI is InChI=1S/C28H32BrN3O5S2/c1-5-37-26-12-7-6-11-25(26)32(39(35,36)24-15-13-23(38-4)14-16-24)19-27(33)31(20(2)28(34)30-3)18-21-9-8-10-22(29)17-21/h6-17,20H,5,18-19H2,1-4H3,(H,30,34). The molecule has 0 spiro atoms. The van der Waals surface area contributed by atoms with Gasteiger partial charge in [0.2, 0.25) is 11.8 Å². The van der Waals surface area contributed by atoms with Gasteiger partial charge in [0.15, 0.2) is 0 Å². The minimum atomic E-state index is -4.19. The number of hydrogen-bond donors (Lipinski definition) is 1. The SMILES string of the molecule is CCOc1ccccc1N(CC(=O)N(Cc1cccc(Br)c1)C(C)C(=O)NC)S(=O)(=O)c1ccc(SC)cc1. The zero-order chi connectivity index (χ0) is 28.6. The van der Waals surface area contributed by atoms with Crippen LogP contribution < -0.4 is 14.4 Å². The summed E-state index contributed by atoms with van der Waals surface area (Å²) < 4.78 is 35.6. The number of para-hydroxylation sites is 2. The van der Waals surface area contributed by atoms with E-state index in [0.717, 1.165) is 19.2 Å². The van der Waals surface area contributed by atoms with Crippen molar-refractivity contribution in [3.8, 4) is 5.75 Å². The van der Waals surface area contributed by atoms with Gasteiger partial charge in [0.1, 0.15) is 18.3 Å². The number of amides is 2. The fourth-order valence-electron chi connectivity index (χ4n) is 3.95. The molecule has 2 amide bonds. The molecular weight excluding hydrogens is 602 g/mol. The molecule has 0 fully saturated rings. The minimum Gasteiger partial charge on any atom is -0.492 e. The summed E-state index contributed by atoms with van der Waals surface area (Å²) in [7, 11) is -2.70. The Balaban J connectivity index is 2.09. The number of rotatable bonds is 12. The van der Waals surface area contributed by atoms with E-state index in [1.165, 1.54) is 35.8 Å². The van der Waals surface area contributed by atoms with E-state index in [1.807, 2.05) is 30.5 Å². The lowest BCUT2D eigenvalue weighted by atomic mass is 10.1. The van der Waals surface area contributed by atoms with E-state index >= 15 is 0 Å². The van der Waals surface area contributed by atoms with Gasteiger partial charge in [0, 0.05) is 23.0 Å².